The maximum absolute atomic E-state index is 11.1. The van der Waals surface area contributed by atoms with Crippen molar-refractivity contribution in [3.05, 3.63) is 41.7 Å². The fourth-order valence-corrected chi connectivity index (χ4v) is 3.54. The summed E-state index contributed by atoms with van der Waals surface area (Å²) >= 11 is 0. The van der Waals surface area contributed by atoms with Crippen LogP contribution in [-0.2, 0) is 22.7 Å². The van der Waals surface area contributed by atoms with Gasteiger partial charge in [-0.1, -0.05) is 17.3 Å². The van der Waals surface area contributed by atoms with Gasteiger partial charge in [-0.05, 0) is 24.1 Å². The van der Waals surface area contributed by atoms with Crippen molar-refractivity contribution in [3.63, 3.8) is 0 Å². The Kier molecular flexibility index (Phi) is 4.03. The monoisotopic (exact) mass is 327 g/mol. The molecule has 126 valence electrons. The van der Waals surface area contributed by atoms with Gasteiger partial charge in [0.25, 0.3) is 0 Å². The van der Waals surface area contributed by atoms with E-state index in [0.29, 0.717) is 6.61 Å². The Balaban J connectivity index is 1.42. The molecular weight excluding hydrogens is 306 g/mol. The Morgan fingerprint density at radius 2 is 2.21 bits per heavy atom. The first kappa shape index (κ1) is 15.3. The average molecular weight is 327 g/mol. The number of carbonyl (C=O) groups is 1. The number of rotatable bonds is 3. The van der Waals surface area contributed by atoms with Gasteiger partial charge in [0.15, 0.2) is 0 Å². The Morgan fingerprint density at radius 1 is 1.38 bits per heavy atom. The number of likely N-dealkylation sites (tertiary alicyclic amines) is 1. The van der Waals surface area contributed by atoms with Gasteiger partial charge in [-0.15, -0.1) is 5.10 Å². The van der Waals surface area contributed by atoms with E-state index in [1.54, 1.807) is 6.20 Å². The lowest BCUT2D eigenvalue weighted by Gasteiger charge is -2.41. The summed E-state index contributed by atoms with van der Waals surface area (Å²) < 4.78 is 7.98. The normalized spacial score (nSPS) is 23.4. The number of hydrogen-bond donors (Lipinski definition) is 1. The number of nitrogens with zero attached hydrogens (tertiary/aromatic N) is 4. The van der Waals surface area contributed by atoms with Crippen molar-refractivity contribution in [1.82, 2.24) is 19.9 Å². The van der Waals surface area contributed by atoms with Crippen LogP contribution in [0.2, 0.25) is 0 Å². The van der Waals surface area contributed by atoms with E-state index in [4.69, 9.17) is 4.74 Å². The van der Waals surface area contributed by atoms with Crippen molar-refractivity contribution >= 4 is 11.6 Å². The van der Waals surface area contributed by atoms with E-state index in [1.165, 1.54) is 12.5 Å². The minimum Gasteiger partial charge on any atom is -0.370 e. The van der Waals surface area contributed by atoms with Crippen LogP contribution in [0.15, 0.2) is 30.5 Å². The van der Waals surface area contributed by atoms with Gasteiger partial charge < -0.3 is 10.1 Å². The predicted octanol–water partition coefficient (Wildman–Crippen LogP) is 1.58. The van der Waals surface area contributed by atoms with Crippen LogP contribution in [0.5, 0.6) is 0 Å². The molecule has 0 saturated carbocycles. The molecule has 1 aromatic heterocycles. The maximum Gasteiger partial charge on any atom is 0.221 e. The van der Waals surface area contributed by atoms with Crippen molar-refractivity contribution in [2.24, 2.45) is 0 Å². The molecule has 3 heterocycles. The molecule has 2 atom stereocenters. The number of nitrogens with one attached hydrogen (secondary N) is 1. The van der Waals surface area contributed by atoms with E-state index in [9.17, 15) is 4.79 Å². The molecule has 2 aliphatic rings. The first-order valence-electron chi connectivity index (χ1n) is 8.28. The molecule has 4 rings (SSSR count). The largest absolute Gasteiger partial charge is 0.370 e. The van der Waals surface area contributed by atoms with Gasteiger partial charge >= 0.3 is 0 Å². The summed E-state index contributed by atoms with van der Waals surface area (Å²) in [7, 11) is 0. The number of hydrogen-bond acceptors (Lipinski definition) is 5. The summed E-state index contributed by atoms with van der Waals surface area (Å²) in [4.78, 5) is 13.5. The minimum atomic E-state index is -0.0502. The van der Waals surface area contributed by atoms with E-state index in [2.05, 4.69) is 32.7 Å². The molecule has 1 fully saturated rings. The molecule has 0 radical (unpaired) electrons. The highest BCUT2D eigenvalue weighted by Crippen LogP contribution is 2.30. The molecule has 1 saturated heterocycles. The molecule has 2 aliphatic heterocycles. The Bertz CT molecular complexity index is 727. The van der Waals surface area contributed by atoms with E-state index in [0.717, 1.165) is 37.4 Å². The van der Waals surface area contributed by atoms with Crippen molar-refractivity contribution < 1.29 is 9.53 Å². The Hall–Kier alpha value is -2.25. The number of piperidine rings is 1. The van der Waals surface area contributed by atoms with Gasteiger partial charge in [-0.25, -0.2) is 4.68 Å². The number of fused-ring (bicyclic) bond motifs is 3. The van der Waals surface area contributed by atoms with Gasteiger partial charge in [-0.3, -0.25) is 9.69 Å². The standard InChI is InChI=1S/C17H21N5O2/c1-12(23)19-14-4-2-13(3-5-14)9-21-7-6-17-16(10-21)22-15(11-24-17)8-18-20-22/h2-5,8,16-17H,6-7,9-11H2,1H3,(H,19,23)/t16-,17-/m1/s1. The number of ether oxygens (including phenoxy) is 1. The summed E-state index contributed by atoms with van der Waals surface area (Å²) in [6.45, 7) is 4.93. The highest BCUT2D eigenvalue weighted by atomic mass is 16.5. The number of carbonyl (C=O) groups excluding carboxylic acids is 1. The Morgan fingerprint density at radius 3 is 3.00 bits per heavy atom. The van der Waals surface area contributed by atoms with E-state index >= 15 is 0 Å². The van der Waals surface area contributed by atoms with Crippen LogP contribution < -0.4 is 5.32 Å². The zero-order chi connectivity index (χ0) is 16.5. The van der Waals surface area contributed by atoms with Gasteiger partial charge in [0, 0.05) is 32.2 Å². The second kappa shape index (κ2) is 6.33. The number of aromatic nitrogens is 3. The van der Waals surface area contributed by atoms with Crippen LogP contribution in [0, 0.1) is 0 Å². The van der Waals surface area contributed by atoms with Crippen LogP contribution in [0.3, 0.4) is 0 Å². The average Bonchev–Trinajstić information content (AvgIpc) is 3.05. The third-order valence-corrected chi connectivity index (χ3v) is 4.69. The van der Waals surface area contributed by atoms with Gasteiger partial charge in [-0.2, -0.15) is 0 Å². The molecule has 1 N–H and O–H groups in total. The summed E-state index contributed by atoms with van der Waals surface area (Å²) in [5.74, 6) is -0.0502. The molecule has 7 nitrogen and oxygen atoms in total. The highest BCUT2D eigenvalue weighted by molar-refractivity contribution is 5.88. The first-order chi connectivity index (χ1) is 11.7. The van der Waals surface area contributed by atoms with Gasteiger partial charge in [0.1, 0.15) is 0 Å². The molecule has 2 aromatic rings. The molecule has 0 unspecified atom stereocenters. The van der Waals surface area contributed by atoms with Gasteiger partial charge in [0.2, 0.25) is 5.91 Å². The molecule has 24 heavy (non-hydrogen) atoms. The number of anilines is 1. The second-order valence-electron chi connectivity index (χ2n) is 6.49. The lowest BCUT2D eigenvalue weighted by Crippen LogP contribution is -2.47. The van der Waals surface area contributed by atoms with Crippen LogP contribution >= 0.6 is 0 Å². The summed E-state index contributed by atoms with van der Waals surface area (Å²) in [5.41, 5.74) is 3.12. The van der Waals surface area contributed by atoms with Crippen LogP contribution in [-0.4, -0.2) is 45.0 Å². The number of benzene rings is 1. The van der Waals surface area contributed by atoms with E-state index < -0.39 is 0 Å². The highest BCUT2D eigenvalue weighted by Gasteiger charge is 2.36. The first-order valence-corrected chi connectivity index (χ1v) is 8.28. The van der Waals surface area contributed by atoms with Crippen LogP contribution in [0.4, 0.5) is 5.69 Å². The van der Waals surface area contributed by atoms with Crippen LogP contribution in [0.1, 0.15) is 30.6 Å². The quantitative estimate of drug-likeness (QED) is 0.927. The maximum atomic E-state index is 11.1. The van der Waals surface area contributed by atoms with Crippen molar-refractivity contribution in [3.8, 4) is 0 Å². The third kappa shape index (κ3) is 3.05. The summed E-state index contributed by atoms with van der Waals surface area (Å²) in [6.07, 6.45) is 3.03. The molecule has 1 aromatic carbocycles. The molecular formula is C17H21N5O2. The van der Waals surface area contributed by atoms with Crippen molar-refractivity contribution in [2.75, 3.05) is 18.4 Å². The van der Waals surface area contributed by atoms with Crippen molar-refractivity contribution in [1.29, 1.82) is 0 Å². The lowest BCUT2D eigenvalue weighted by molar-refractivity contribution is -0.114. The second-order valence-corrected chi connectivity index (χ2v) is 6.49. The topological polar surface area (TPSA) is 72.3 Å². The zero-order valence-electron chi connectivity index (χ0n) is 13.7. The van der Waals surface area contributed by atoms with E-state index in [-0.39, 0.29) is 18.1 Å². The fourth-order valence-electron chi connectivity index (χ4n) is 3.54. The SMILES string of the molecule is CC(=O)Nc1ccc(CN2CC[C@H]3OCc4cnnn4[C@@H]3C2)cc1. The summed E-state index contributed by atoms with van der Waals surface area (Å²) in [5, 5.41) is 11.1. The number of amides is 1. The molecule has 0 aliphatic carbocycles. The van der Waals surface area contributed by atoms with Crippen molar-refractivity contribution in [2.45, 2.75) is 38.6 Å². The molecule has 0 spiro atoms. The zero-order valence-corrected chi connectivity index (χ0v) is 13.7. The fraction of sp³-hybridized carbons (Fsp3) is 0.471. The smallest absolute Gasteiger partial charge is 0.221 e. The molecule has 7 heteroatoms. The predicted molar refractivity (Wildman–Crippen MR) is 88.3 cm³/mol. The van der Waals surface area contributed by atoms with Crippen LogP contribution in [0.25, 0.3) is 0 Å². The third-order valence-electron chi connectivity index (χ3n) is 4.69. The van der Waals surface area contributed by atoms with E-state index in [1.807, 2.05) is 16.8 Å². The Labute approximate surface area is 140 Å². The molecule has 1 amide bonds. The molecule has 0 bridgehead atoms. The minimum absolute atomic E-state index is 0.0502. The summed E-state index contributed by atoms with van der Waals surface area (Å²) in [6, 6.07) is 8.26. The lowest BCUT2D eigenvalue weighted by atomic mass is 10.00. The van der Waals surface area contributed by atoms with Gasteiger partial charge in [0.05, 0.1) is 30.6 Å².